The fourth-order valence-electron chi connectivity index (χ4n) is 2.86. The van der Waals surface area contributed by atoms with Crippen LogP contribution in [0.4, 0.5) is 0 Å². The maximum Gasteiger partial charge on any atom is 0.273 e. The van der Waals surface area contributed by atoms with Gasteiger partial charge in [0.1, 0.15) is 17.8 Å². The van der Waals surface area contributed by atoms with Gasteiger partial charge in [-0.3, -0.25) is 4.79 Å². The van der Waals surface area contributed by atoms with Gasteiger partial charge in [0, 0.05) is 6.04 Å². The largest absolute Gasteiger partial charge is 0.497 e. The van der Waals surface area contributed by atoms with E-state index in [1.807, 2.05) is 36.4 Å². The van der Waals surface area contributed by atoms with Gasteiger partial charge in [0.15, 0.2) is 12.3 Å². The first-order chi connectivity index (χ1) is 12.7. The topological polar surface area (TPSA) is 73.6 Å². The van der Waals surface area contributed by atoms with Crippen LogP contribution >= 0.6 is 0 Å². The molecular weight excluding hydrogens is 332 g/mol. The molecule has 0 radical (unpaired) electrons. The van der Waals surface area contributed by atoms with Crippen molar-refractivity contribution < 1.29 is 18.7 Å². The van der Waals surface area contributed by atoms with Crippen molar-refractivity contribution in [3.05, 3.63) is 54.2 Å². The molecule has 1 heterocycles. The minimum Gasteiger partial charge on any atom is -0.497 e. The Labute approximate surface area is 151 Å². The third-order valence-electron chi connectivity index (χ3n) is 4.61. The summed E-state index contributed by atoms with van der Waals surface area (Å²) in [5, 5.41) is 5.06. The lowest BCUT2D eigenvalue weighted by Gasteiger charge is -2.25. The van der Waals surface area contributed by atoms with Crippen LogP contribution < -0.4 is 14.8 Å². The molecule has 4 rings (SSSR count). The average molecular weight is 352 g/mol. The second kappa shape index (κ2) is 7.07. The third-order valence-corrected chi connectivity index (χ3v) is 4.61. The number of carbonyl (C=O) groups is 1. The number of oxazole rings is 1. The van der Waals surface area contributed by atoms with Gasteiger partial charge < -0.3 is 19.2 Å². The first-order valence-electron chi connectivity index (χ1n) is 8.67. The Morgan fingerprint density at radius 2 is 1.96 bits per heavy atom. The number of rotatable bonds is 6. The highest BCUT2D eigenvalue weighted by molar-refractivity contribution is 5.92. The molecule has 6 heteroatoms. The number of hydrogen-bond acceptors (Lipinski definition) is 5. The number of aromatic nitrogens is 1. The zero-order valence-electron chi connectivity index (χ0n) is 14.5. The zero-order valence-corrected chi connectivity index (χ0v) is 14.5. The normalized spacial score (nSPS) is 14.0. The van der Waals surface area contributed by atoms with Crippen molar-refractivity contribution in [1.29, 1.82) is 0 Å². The third kappa shape index (κ3) is 3.49. The number of nitrogens with one attached hydrogen (secondary N) is 1. The summed E-state index contributed by atoms with van der Waals surface area (Å²) in [5.74, 6) is 1.67. The van der Waals surface area contributed by atoms with Gasteiger partial charge >= 0.3 is 0 Å². The summed E-state index contributed by atoms with van der Waals surface area (Å²) in [6.07, 6.45) is 4.61. The predicted octanol–water partition coefficient (Wildman–Crippen LogP) is 3.70. The van der Waals surface area contributed by atoms with Gasteiger partial charge in [-0.25, -0.2) is 4.98 Å². The van der Waals surface area contributed by atoms with Crippen molar-refractivity contribution in [3.8, 4) is 11.5 Å². The van der Waals surface area contributed by atoms with Crippen LogP contribution in [0.1, 0.15) is 35.6 Å². The van der Waals surface area contributed by atoms with Gasteiger partial charge in [0.25, 0.3) is 5.91 Å². The van der Waals surface area contributed by atoms with E-state index in [2.05, 4.69) is 10.3 Å². The Morgan fingerprint density at radius 3 is 2.69 bits per heavy atom. The van der Waals surface area contributed by atoms with E-state index in [0.29, 0.717) is 17.3 Å². The van der Waals surface area contributed by atoms with Crippen LogP contribution in [0, 0.1) is 0 Å². The number of methoxy groups -OCH3 is 1. The Hall–Kier alpha value is -3.02. The summed E-state index contributed by atoms with van der Waals surface area (Å²) >= 11 is 0. The van der Waals surface area contributed by atoms with Crippen molar-refractivity contribution in [3.63, 3.8) is 0 Å². The Bertz CT molecular complexity index is 930. The maximum absolute atomic E-state index is 12.1. The van der Waals surface area contributed by atoms with Crippen molar-refractivity contribution >= 4 is 16.7 Å². The van der Waals surface area contributed by atoms with E-state index in [4.69, 9.17) is 13.9 Å². The van der Waals surface area contributed by atoms with Crippen LogP contribution in [-0.4, -0.2) is 24.0 Å². The molecule has 0 saturated heterocycles. The van der Waals surface area contributed by atoms with Crippen molar-refractivity contribution in [2.75, 3.05) is 7.11 Å². The number of benzene rings is 2. The van der Waals surface area contributed by atoms with Gasteiger partial charge in [-0.05, 0) is 54.3 Å². The molecule has 0 atom stereocenters. The van der Waals surface area contributed by atoms with Crippen LogP contribution in [0.15, 0.2) is 47.1 Å². The summed E-state index contributed by atoms with van der Waals surface area (Å²) < 4.78 is 16.4. The molecule has 134 valence electrons. The number of fused-ring (bicyclic) bond motifs is 1. The maximum atomic E-state index is 12.1. The van der Waals surface area contributed by atoms with E-state index in [0.717, 1.165) is 29.4 Å². The Morgan fingerprint density at radius 1 is 1.19 bits per heavy atom. The molecule has 1 amide bonds. The van der Waals surface area contributed by atoms with Gasteiger partial charge in [-0.1, -0.05) is 12.1 Å². The van der Waals surface area contributed by atoms with Gasteiger partial charge in [0.2, 0.25) is 5.89 Å². The lowest BCUT2D eigenvalue weighted by molar-refractivity contribution is 0.0911. The fraction of sp³-hybridized carbons (Fsp3) is 0.300. The van der Waals surface area contributed by atoms with Gasteiger partial charge in [-0.15, -0.1) is 0 Å². The first-order valence-corrected chi connectivity index (χ1v) is 8.67. The lowest BCUT2D eigenvalue weighted by Crippen LogP contribution is -2.39. The number of carbonyl (C=O) groups excluding carboxylic acids is 1. The fourth-order valence-corrected chi connectivity index (χ4v) is 2.86. The molecular formula is C20H20N2O4. The predicted molar refractivity (Wildman–Crippen MR) is 96.4 cm³/mol. The van der Waals surface area contributed by atoms with E-state index < -0.39 is 0 Å². The molecule has 2 aromatic carbocycles. The van der Waals surface area contributed by atoms with Gasteiger partial charge in [-0.2, -0.15) is 0 Å². The highest BCUT2D eigenvalue weighted by Gasteiger charge is 2.21. The Kier molecular flexibility index (Phi) is 4.48. The summed E-state index contributed by atoms with van der Waals surface area (Å²) in [5.41, 5.74) is 0.291. The minimum atomic E-state index is -0.192. The molecule has 0 aliphatic heterocycles. The molecule has 1 fully saturated rings. The minimum absolute atomic E-state index is 0.159. The molecule has 1 N–H and O–H groups in total. The lowest BCUT2D eigenvalue weighted by atomic mass is 9.93. The molecule has 3 aromatic rings. The number of nitrogens with zero attached hydrogens (tertiary/aromatic N) is 1. The summed E-state index contributed by atoms with van der Waals surface area (Å²) in [7, 11) is 1.64. The van der Waals surface area contributed by atoms with E-state index >= 15 is 0 Å². The van der Waals surface area contributed by atoms with Crippen LogP contribution in [-0.2, 0) is 6.61 Å². The highest BCUT2D eigenvalue weighted by atomic mass is 16.5. The van der Waals surface area contributed by atoms with Crippen LogP contribution in [0.5, 0.6) is 11.5 Å². The molecule has 0 bridgehead atoms. The van der Waals surface area contributed by atoms with E-state index in [1.165, 1.54) is 12.7 Å². The van der Waals surface area contributed by atoms with Crippen molar-refractivity contribution in [2.24, 2.45) is 0 Å². The standard InChI is InChI=1S/C20H20N2O4/c1-24-16-7-5-13-6-8-17(10-14(13)9-16)25-12-19-22-18(11-26-19)20(23)21-15-3-2-4-15/h5-11,15H,2-4,12H2,1H3,(H,21,23). The molecule has 6 nitrogen and oxygen atoms in total. The van der Waals surface area contributed by atoms with Crippen LogP contribution in [0.3, 0.4) is 0 Å². The highest BCUT2D eigenvalue weighted by Crippen LogP contribution is 2.25. The van der Waals surface area contributed by atoms with E-state index in [1.54, 1.807) is 7.11 Å². The molecule has 0 spiro atoms. The SMILES string of the molecule is COc1ccc2ccc(OCc3nc(C(=O)NC4CCC4)co3)cc2c1. The van der Waals surface area contributed by atoms with Crippen LogP contribution in [0.2, 0.25) is 0 Å². The first kappa shape index (κ1) is 16.4. The molecule has 1 aromatic heterocycles. The second-order valence-electron chi connectivity index (χ2n) is 6.39. The van der Waals surface area contributed by atoms with Crippen LogP contribution in [0.25, 0.3) is 10.8 Å². The summed E-state index contributed by atoms with van der Waals surface area (Å²) in [4.78, 5) is 16.3. The second-order valence-corrected chi connectivity index (χ2v) is 6.39. The monoisotopic (exact) mass is 352 g/mol. The van der Waals surface area contributed by atoms with E-state index in [9.17, 15) is 4.79 Å². The van der Waals surface area contributed by atoms with Crippen molar-refractivity contribution in [1.82, 2.24) is 10.3 Å². The Balaban J connectivity index is 1.40. The number of amides is 1. The number of hydrogen-bond donors (Lipinski definition) is 1. The summed E-state index contributed by atoms with van der Waals surface area (Å²) in [6, 6.07) is 12.0. The quantitative estimate of drug-likeness (QED) is 0.732. The zero-order chi connectivity index (χ0) is 17.9. The average Bonchev–Trinajstić information content (AvgIpc) is 3.11. The molecule has 1 aliphatic rings. The molecule has 1 saturated carbocycles. The summed E-state index contributed by atoms with van der Waals surface area (Å²) in [6.45, 7) is 0.159. The molecule has 1 aliphatic carbocycles. The van der Waals surface area contributed by atoms with Crippen molar-refractivity contribution in [2.45, 2.75) is 31.9 Å². The number of ether oxygens (including phenoxy) is 2. The molecule has 26 heavy (non-hydrogen) atoms. The molecule has 0 unspecified atom stereocenters. The van der Waals surface area contributed by atoms with E-state index in [-0.39, 0.29) is 18.6 Å². The van der Waals surface area contributed by atoms with Gasteiger partial charge in [0.05, 0.1) is 7.11 Å². The smallest absolute Gasteiger partial charge is 0.273 e.